The molecule has 0 heterocycles. The van der Waals surface area contributed by atoms with Crippen LogP contribution in [0, 0.1) is 5.82 Å². The van der Waals surface area contributed by atoms with Crippen LogP contribution in [0.5, 0.6) is 11.5 Å². The van der Waals surface area contributed by atoms with Crippen molar-refractivity contribution in [1.82, 2.24) is 0 Å². The summed E-state index contributed by atoms with van der Waals surface area (Å²) >= 11 is 0. The molecule has 0 saturated carbocycles. The zero-order valence-corrected chi connectivity index (χ0v) is 21.1. The van der Waals surface area contributed by atoms with Crippen LogP contribution in [0.2, 0.25) is 0 Å². The Labute approximate surface area is 216 Å². The number of ketones is 1. The summed E-state index contributed by atoms with van der Waals surface area (Å²) in [6.07, 6.45) is 0.794. The van der Waals surface area contributed by atoms with E-state index in [1.807, 2.05) is 50.2 Å². The Kier molecular flexibility index (Phi) is 9.57. The standard InChI is InChI=1S/C30H31FO6/c1-19(2)26-17-27(36-3)30(37-18-20-7-5-4-6-8-20)29(21-9-11-22(31)12-10-21)25(26)14-13-23(32)15-24(33)16-28(34)35/h4-14,17,19,23,32H,15-16,18H2,1-3H3,(H,34,35)/p-1/b14-13+. The van der Waals surface area contributed by atoms with Crippen LogP contribution in [-0.4, -0.2) is 30.1 Å². The number of halogens is 1. The molecule has 3 aromatic rings. The lowest BCUT2D eigenvalue weighted by molar-refractivity contribution is -0.304. The Morgan fingerprint density at radius 3 is 2.35 bits per heavy atom. The minimum atomic E-state index is -1.49. The van der Waals surface area contributed by atoms with Crippen molar-refractivity contribution >= 4 is 17.8 Å². The highest BCUT2D eigenvalue weighted by Gasteiger charge is 2.22. The van der Waals surface area contributed by atoms with Crippen LogP contribution in [0.3, 0.4) is 0 Å². The fraction of sp³-hybridized carbons (Fsp3) is 0.267. The van der Waals surface area contributed by atoms with Crippen molar-refractivity contribution in [2.75, 3.05) is 7.11 Å². The molecule has 7 heteroatoms. The number of benzene rings is 3. The van der Waals surface area contributed by atoms with Crippen molar-refractivity contribution in [2.45, 2.75) is 45.3 Å². The number of hydrogen-bond acceptors (Lipinski definition) is 6. The van der Waals surface area contributed by atoms with Gasteiger partial charge in [0, 0.05) is 24.4 Å². The fourth-order valence-electron chi connectivity index (χ4n) is 4.00. The number of rotatable bonds is 12. The molecular formula is C30H30FO6-. The second-order valence-corrected chi connectivity index (χ2v) is 8.94. The molecule has 194 valence electrons. The average molecular weight is 506 g/mol. The summed E-state index contributed by atoms with van der Waals surface area (Å²) in [5.74, 6) is -1.53. The summed E-state index contributed by atoms with van der Waals surface area (Å²) in [4.78, 5) is 22.5. The van der Waals surface area contributed by atoms with Crippen molar-refractivity contribution in [3.63, 3.8) is 0 Å². The Bertz CT molecular complexity index is 1250. The normalized spacial score (nSPS) is 12.1. The highest BCUT2D eigenvalue weighted by Crippen LogP contribution is 2.45. The Morgan fingerprint density at radius 1 is 1.08 bits per heavy atom. The Morgan fingerprint density at radius 2 is 1.76 bits per heavy atom. The summed E-state index contributed by atoms with van der Waals surface area (Å²) in [5, 5.41) is 21.1. The molecule has 0 amide bonds. The topological polar surface area (TPSA) is 95.9 Å². The van der Waals surface area contributed by atoms with E-state index in [2.05, 4.69) is 0 Å². The first-order chi connectivity index (χ1) is 17.7. The monoisotopic (exact) mass is 505 g/mol. The number of hydrogen-bond donors (Lipinski definition) is 1. The second-order valence-electron chi connectivity index (χ2n) is 8.94. The molecule has 1 unspecified atom stereocenters. The summed E-state index contributed by atoms with van der Waals surface area (Å²) in [6, 6.07) is 17.5. The molecule has 6 nitrogen and oxygen atoms in total. The predicted octanol–water partition coefficient (Wildman–Crippen LogP) is 4.68. The van der Waals surface area contributed by atoms with Crippen molar-refractivity contribution in [3.8, 4) is 22.6 Å². The highest BCUT2D eigenvalue weighted by atomic mass is 19.1. The van der Waals surface area contributed by atoms with Crippen LogP contribution in [0.15, 0.2) is 66.7 Å². The van der Waals surface area contributed by atoms with Gasteiger partial charge in [-0.1, -0.05) is 68.5 Å². The molecule has 0 radical (unpaired) electrons. The molecule has 1 N–H and O–H groups in total. The van der Waals surface area contributed by atoms with Gasteiger partial charge in [0.15, 0.2) is 11.5 Å². The van der Waals surface area contributed by atoms with Gasteiger partial charge in [-0.05, 0) is 46.4 Å². The molecule has 3 rings (SSSR count). The smallest absolute Gasteiger partial charge is 0.170 e. The fourth-order valence-corrected chi connectivity index (χ4v) is 4.00. The molecule has 3 aromatic carbocycles. The van der Waals surface area contributed by atoms with Crippen LogP contribution < -0.4 is 14.6 Å². The maximum Gasteiger partial charge on any atom is 0.170 e. The van der Waals surface area contributed by atoms with Gasteiger partial charge in [0.2, 0.25) is 0 Å². The minimum absolute atomic E-state index is 0.0350. The molecule has 1 atom stereocenters. The number of carbonyl (C=O) groups is 2. The predicted molar refractivity (Wildman–Crippen MR) is 138 cm³/mol. The molecule has 0 aliphatic rings. The van der Waals surface area contributed by atoms with Crippen LogP contribution in [-0.2, 0) is 16.2 Å². The first-order valence-corrected chi connectivity index (χ1v) is 11.9. The third kappa shape index (κ3) is 7.51. The number of carbonyl (C=O) groups excluding carboxylic acids is 2. The summed E-state index contributed by atoms with van der Waals surface area (Å²) in [7, 11) is 1.55. The summed E-state index contributed by atoms with van der Waals surface area (Å²) < 4.78 is 25.8. The maximum atomic E-state index is 13.8. The molecule has 0 bridgehead atoms. The van der Waals surface area contributed by atoms with Gasteiger partial charge in [0.1, 0.15) is 18.2 Å². The average Bonchev–Trinajstić information content (AvgIpc) is 2.86. The SMILES string of the molecule is COc1cc(C(C)C)c(/C=C/C(O)CC(=O)CC(=O)[O-])c(-c2ccc(F)cc2)c1OCc1ccccc1. The van der Waals surface area contributed by atoms with Gasteiger partial charge >= 0.3 is 0 Å². The van der Waals surface area contributed by atoms with Crippen LogP contribution in [0.4, 0.5) is 4.39 Å². The first-order valence-electron chi connectivity index (χ1n) is 11.9. The van der Waals surface area contributed by atoms with E-state index < -0.39 is 24.3 Å². The van der Waals surface area contributed by atoms with Gasteiger partial charge in [0.05, 0.1) is 13.2 Å². The maximum absolute atomic E-state index is 13.8. The van der Waals surface area contributed by atoms with E-state index >= 15 is 0 Å². The number of Topliss-reactive ketones (excluding diaryl/α,β-unsaturated/α-hetero) is 1. The van der Waals surface area contributed by atoms with Crippen molar-refractivity contribution < 1.29 is 33.7 Å². The van der Waals surface area contributed by atoms with Crippen molar-refractivity contribution in [2.24, 2.45) is 0 Å². The Hall–Kier alpha value is -3.97. The van der Waals surface area contributed by atoms with Gasteiger partial charge in [-0.3, -0.25) is 4.79 Å². The van der Waals surface area contributed by atoms with E-state index in [1.54, 1.807) is 25.3 Å². The number of carboxylic acid groups (broad SMARTS) is 1. The largest absolute Gasteiger partial charge is 0.550 e. The molecule has 0 fully saturated rings. The van der Waals surface area contributed by atoms with E-state index in [0.717, 1.165) is 11.1 Å². The molecule has 0 saturated heterocycles. The molecule has 0 spiro atoms. The summed E-state index contributed by atoms with van der Waals surface area (Å²) in [6.45, 7) is 4.27. The lowest BCUT2D eigenvalue weighted by Crippen LogP contribution is -2.26. The van der Waals surface area contributed by atoms with Gasteiger partial charge in [0.25, 0.3) is 0 Å². The number of aliphatic hydroxyl groups excluding tert-OH is 1. The highest BCUT2D eigenvalue weighted by molar-refractivity contribution is 5.94. The third-order valence-electron chi connectivity index (χ3n) is 5.78. The van der Waals surface area contributed by atoms with E-state index in [0.29, 0.717) is 28.2 Å². The third-order valence-corrected chi connectivity index (χ3v) is 5.78. The number of aliphatic carboxylic acids is 1. The van der Waals surface area contributed by atoms with Crippen molar-refractivity contribution in [1.29, 1.82) is 0 Å². The zero-order chi connectivity index (χ0) is 26.9. The minimum Gasteiger partial charge on any atom is -0.550 e. The lowest BCUT2D eigenvalue weighted by atomic mass is 9.88. The van der Waals surface area contributed by atoms with Crippen molar-refractivity contribution in [3.05, 3.63) is 89.2 Å². The quantitative estimate of drug-likeness (QED) is 0.359. The molecule has 0 aliphatic carbocycles. The van der Waals surface area contributed by atoms with Gasteiger partial charge in [-0.15, -0.1) is 0 Å². The van der Waals surface area contributed by atoms with Gasteiger partial charge in [-0.25, -0.2) is 4.39 Å². The number of ether oxygens (including phenoxy) is 2. The Balaban J connectivity index is 2.14. The van der Waals surface area contributed by atoms with Gasteiger partial charge < -0.3 is 24.5 Å². The van der Waals surface area contributed by atoms with E-state index in [4.69, 9.17) is 9.47 Å². The van der Waals surface area contributed by atoms with Crippen LogP contribution >= 0.6 is 0 Å². The van der Waals surface area contributed by atoms with E-state index in [1.165, 1.54) is 18.2 Å². The van der Waals surface area contributed by atoms with E-state index in [9.17, 15) is 24.2 Å². The van der Waals surface area contributed by atoms with E-state index in [-0.39, 0.29) is 24.8 Å². The number of aliphatic hydroxyl groups is 1. The van der Waals surface area contributed by atoms with Gasteiger partial charge in [-0.2, -0.15) is 0 Å². The summed E-state index contributed by atoms with van der Waals surface area (Å²) in [5.41, 5.74) is 3.85. The second kappa shape index (κ2) is 12.8. The number of carboxylic acids is 1. The zero-order valence-electron chi connectivity index (χ0n) is 21.1. The number of methoxy groups -OCH3 is 1. The molecule has 0 aliphatic heterocycles. The molecular weight excluding hydrogens is 475 g/mol. The molecule has 0 aromatic heterocycles. The molecule has 37 heavy (non-hydrogen) atoms. The van der Waals surface area contributed by atoms with Crippen LogP contribution in [0.25, 0.3) is 17.2 Å². The lowest BCUT2D eigenvalue weighted by Gasteiger charge is -2.23. The first kappa shape index (κ1) is 27.6. The van der Waals surface area contributed by atoms with Crippen LogP contribution in [0.1, 0.15) is 49.3 Å².